The van der Waals surface area contributed by atoms with Crippen molar-refractivity contribution in [1.29, 1.82) is 0 Å². The Labute approximate surface area is 90.9 Å². The quantitative estimate of drug-likeness (QED) is 0.841. The van der Waals surface area contributed by atoms with Gasteiger partial charge in [-0.1, -0.05) is 0 Å². The maximum Gasteiger partial charge on any atom is 0.105 e. The number of nitrogens with two attached hydrogens (primary N) is 1. The number of rotatable bonds is 1. The fourth-order valence-corrected chi connectivity index (χ4v) is 3.37. The molecule has 1 aromatic heterocycles. The van der Waals surface area contributed by atoms with E-state index in [1.54, 1.807) is 11.3 Å². The zero-order chi connectivity index (χ0) is 9.26. The fourth-order valence-electron chi connectivity index (χ4n) is 1.71. The van der Waals surface area contributed by atoms with Gasteiger partial charge in [-0.15, -0.1) is 11.3 Å². The van der Waals surface area contributed by atoms with Gasteiger partial charge in [0.25, 0.3) is 0 Å². The SMILES string of the molecule is NC1CCCN(c2sccc2Br)C1. The van der Waals surface area contributed by atoms with Gasteiger partial charge in [-0.25, -0.2) is 0 Å². The second-order valence-corrected chi connectivity index (χ2v) is 5.17. The minimum Gasteiger partial charge on any atom is -0.361 e. The first kappa shape index (κ1) is 9.49. The molecule has 2 rings (SSSR count). The maximum absolute atomic E-state index is 5.93. The number of hydrogen-bond acceptors (Lipinski definition) is 3. The molecule has 1 aromatic rings. The number of halogens is 1. The van der Waals surface area contributed by atoms with Gasteiger partial charge in [-0.2, -0.15) is 0 Å². The van der Waals surface area contributed by atoms with E-state index in [1.165, 1.54) is 22.3 Å². The molecule has 13 heavy (non-hydrogen) atoms. The molecule has 2 nitrogen and oxygen atoms in total. The van der Waals surface area contributed by atoms with Crippen molar-refractivity contribution in [3.8, 4) is 0 Å². The van der Waals surface area contributed by atoms with Gasteiger partial charge in [0.05, 0.1) is 4.47 Å². The van der Waals surface area contributed by atoms with Gasteiger partial charge in [0, 0.05) is 19.1 Å². The molecule has 2 heterocycles. The molecule has 1 unspecified atom stereocenters. The average Bonchev–Trinajstić information content (AvgIpc) is 2.51. The molecule has 4 heteroatoms. The van der Waals surface area contributed by atoms with Crippen LogP contribution in [-0.2, 0) is 0 Å². The molecule has 0 radical (unpaired) electrons. The first-order valence-electron chi connectivity index (χ1n) is 4.51. The summed E-state index contributed by atoms with van der Waals surface area (Å²) < 4.78 is 1.20. The second kappa shape index (κ2) is 3.98. The average molecular weight is 261 g/mol. The van der Waals surface area contributed by atoms with Crippen LogP contribution in [0, 0.1) is 0 Å². The van der Waals surface area contributed by atoms with Gasteiger partial charge in [-0.05, 0) is 40.2 Å². The van der Waals surface area contributed by atoms with Crippen LogP contribution in [-0.4, -0.2) is 19.1 Å². The number of nitrogens with zero attached hydrogens (tertiary/aromatic N) is 1. The van der Waals surface area contributed by atoms with Gasteiger partial charge in [-0.3, -0.25) is 0 Å². The summed E-state index contributed by atoms with van der Waals surface area (Å²) in [5, 5.41) is 3.44. The van der Waals surface area contributed by atoms with Gasteiger partial charge in [0.1, 0.15) is 5.00 Å². The van der Waals surface area contributed by atoms with Crippen molar-refractivity contribution in [2.24, 2.45) is 5.73 Å². The zero-order valence-corrected chi connectivity index (χ0v) is 9.77. The molecule has 1 fully saturated rings. The molecule has 0 bridgehead atoms. The van der Waals surface area contributed by atoms with E-state index in [0.29, 0.717) is 6.04 Å². The highest BCUT2D eigenvalue weighted by Gasteiger charge is 2.19. The predicted molar refractivity (Wildman–Crippen MR) is 61.4 cm³/mol. The minimum atomic E-state index is 0.350. The van der Waals surface area contributed by atoms with Crippen LogP contribution < -0.4 is 10.6 Å². The Morgan fingerprint density at radius 1 is 1.62 bits per heavy atom. The van der Waals surface area contributed by atoms with Crippen molar-refractivity contribution in [2.45, 2.75) is 18.9 Å². The lowest BCUT2D eigenvalue weighted by Crippen LogP contribution is -2.42. The van der Waals surface area contributed by atoms with Gasteiger partial charge < -0.3 is 10.6 Å². The molecule has 0 saturated carbocycles. The van der Waals surface area contributed by atoms with Crippen LogP contribution in [0.3, 0.4) is 0 Å². The maximum atomic E-state index is 5.93. The van der Waals surface area contributed by atoms with Crippen LogP contribution in [0.5, 0.6) is 0 Å². The molecular formula is C9H13BrN2S. The van der Waals surface area contributed by atoms with Gasteiger partial charge in [0.2, 0.25) is 0 Å². The van der Waals surface area contributed by atoms with E-state index in [-0.39, 0.29) is 0 Å². The van der Waals surface area contributed by atoms with Crippen LogP contribution in [0.15, 0.2) is 15.9 Å². The Morgan fingerprint density at radius 3 is 3.08 bits per heavy atom. The number of hydrogen-bond donors (Lipinski definition) is 1. The van der Waals surface area contributed by atoms with Crippen LogP contribution in [0.25, 0.3) is 0 Å². The lowest BCUT2D eigenvalue weighted by Gasteiger charge is -2.31. The lowest BCUT2D eigenvalue weighted by atomic mass is 10.1. The third-order valence-electron chi connectivity index (χ3n) is 2.34. The summed E-state index contributed by atoms with van der Waals surface area (Å²) in [4.78, 5) is 2.38. The smallest absolute Gasteiger partial charge is 0.105 e. The summed E-state index contributed by atoms with van der Waals surface area (Å²) in [6.45, 7) is 2.14. The van der Waals surface area contributed by atoms with E-state index in [1.807, 2.05) is 0 Å². The summed E-state index contributed by atoms with van der Waals surface area (Å²) in [7, 11) is 0. The monoisotopic (exact) mass is 260 g/mol. The lowest BCUT2D eigenvalue weighted by molar-refractivity contribution is 0.508. The molecular weight excluding hydrogens is 248 g/mol. The topological polar surface area (TPSA) is 29.3 Å². The van der Waals surface area contributed by atoms with Crippen molar-refractivity contribution in [2.75, 3.05) is 18.0 Å². The van der Waals surface area contributed by atoms with Crippen LogP contribution >= 0.6 is 27.3 Å². The summed E-state index contributed by atoms with van der Waals surface area (Å²) in [5.41, 5.74) is 5.93. The molecule has 0 aliphatic carbocycles. The summed E-state index contributed by atoms with van der Waals surface area (Å²) in [6.07, 6.45) is 2.38. The Hall–Kier alpha value is -0.0600. The van der Waals surface area contributed by atoms with E-state index >= 15 is 0 Å². The molecule has 1 saturated heterocycles. The first-order valence-corrected chi connectivity index (χ1v) is 6.18. The Balaban J connectivity index is 2.12. The normalized spacial score (nSPS) is 23.5. The highest BCUT2D eigenvalue weighted by molar-refractivity contribution is 9.10. The van der Waals surface area contributed by atoms with Crippen molar-refractivity contribution in [3.63, 3.8) is 0 Å². The molecule has 0 aromatic carbocycles. The Kier molecular flexibility index (Phi) is 2.91. The van der Waals surface area contributed by atoms with E-state index in [2.05, 4.69) is 32.3 Å². The molecule has 1 aliphatic heterocycles. The number of thiophene rings is 1. The fraction of sp³-hybridized carbons (Fsp3) is 0.556. The van der Waals surface area contributed by atoms with E-state index < -0.39 is 0 Å². The molecule has 1 aliphatic rings. The van der Waals surface area contributed by atoms with E-state index in [4.69, 9.17) is 5.73 Å². The highest BCUT2D eigenvalue weighted by atomic mass is 79.9. The molecule has 0 amide bonds. The molecule has 1 atom stereocenters. The number of anilines is 1. The second-order valence-electron chi connectivity index (χ2n) is 3.42. The minimum absolute atomic E-state index is 0.350. The van der Waals surface area contributed by atoms with Crippen molar-refractivity contribution < 1.29 is 0 Å². The predicted octanol–water partition coefficient (Wildman–Crippen LogP) is 2.44. The van der Waals surface area contributed by atoms with Crippen LogP contribution in [0.4, 0.5) is 5.00 Å². The highest BCUT2D eigenvalue weighted by Crippen LogP contribution is 2.33. The molecule has 2 N–H and O–H groups in total. The molecule has 72 valence electrons. The summed E-state index contributed by atoms with van der Waals surface area (Å²) in [6, 6.07) is 2.45. The van der Waals surface area contributed by atoms with Crippen molar-refractivity contribution >= 4 is 32.3 Å². The number of piperidine rings is 1. The zero-order valence-electron chi connectivity index (χ0n) is 7.37. The van der Waals surface area contributed by atoms with E-state index in [0.717, 1.165) is 13.1 Å². The summed E-state index contributed by atoms with van der Waals surface area (Å²) in [5.74, 6) is 0. The summed E-state index contributed by atoms with van der Waals surface area (Å²) >= 11 is 5.33. The largest absolute Gasteiger partial charge is 0.361 e. The molecule has 0 spiro atoms. The Morgan fingerprint density at radius 2 is 2.46 bits per heavy atom. The van der Waals surface area contributed by atoms with Crippen LogP contribution in [0.2, 0.25) is 0 Å². The Bertz CT molecular complexity index is 287. The van der Waals surface area contributed by atoms with Gasteiger partial charge in [0.15, 0.2) is 0 Å². The van der Waals surface area contributed by atoms with Gasteiger partial charge >= 0.3 is 0 Å². The third-order valence-corrected chi connectivity index (χ3v) is 4.22. The van der Waals surface area contributed by atoms with Crippen molar-refractivity contribution in [1.82, 2.24) is 0 Å². The first-order chi connectivity index (χ1) is 6.27. The standard InChI is InChI=1S/C9H13BrN2S/c10-8-3-5-13-9(8)12-4-1-2-7(11)6-12/h3,5,7H,1-2,4,6,11H2. The van der Waals surface area contributed by atoms with E-state index in [9.17, 15) is 0 Å². The third kappa shape index (κ3) is 2.06. The van der Waals surface area contributed by atoms with Crippen molar-refractivity contribution in [3.05, 3.63) is 15.9 Å². The van der Waals surface area contributed by atoms with Crippen LogP contribution in [0.1, 0.15) is 12.8 Å².